The molecule has 1 aliphatic heterocycles. The molecule has 1 aromatic rings. The highest BCUT2D eigenvalue weighted by atomic mass is 32.2. The Bertz CT molecular complexity index is 785. The number of nitrogens with zero attached hydrogens (tertiary/aromatic N) is 1. The average Bonchev–Trinajstić information content (AvgIpc) is 2.88. The van der Waals surface area contributed by atoms with Crippen LogP contribution in [0.25, 0.3) is 0 Å². The monoisotopic (exact) mass is 346 g/mol. The molecule has 1 atom stereocenters. The third-order valence-corrected chi connectivity index (χ3v) is 7.34. The maximum atomic E-state index is 12.9. The van der Waals surface area contributed by atoms with E-state index in [-0.39, 0.29) is 27.9 Å². The first-order valence-corrected chi connectivity index (χ1v) is 10.5. The number of sulfonamides is 1. The second kappa shape index (κ2) is 5.92. The first-order chi connectivity index (χ1) is 10.1. The molecular weight excluding hydrogens is 324 g/mol. The second-order valence-corrected chi connectivity index (χ2v) is 9.65. The molecule has 0 saturated carbocycles. The van der Waals surface area contributed by atoms with Gasteiger partial charge in [0.05, 0.1) is 9.79 Å². The topological polar surface area (TPSA) is 97.5 Å². The van der Waals surface area contributed by atoms with Crippen LogP contribution in [-0.2, 0) is 19.9 Å². The van der Waals surface area contributed by atoms with Crippen LogP contribution in [-0.4, -0.2) is 46.5 Å². The Morgan fingerprint density at radius 3 is 2.32 bits per heavy atom. The summed E-state index contributed by atoms with van der Waals surface area (Å²) < 4.78 is 51.1. The maximum absolute atomic E-state index is 12.9. The van der Waals surface area contributed by atoms with Crippen LogP contribution in [0.2, 0.25) is 0 Å². The minimum atomic E-state index is -3.75. The summed E-state index contributed by atoms with van der Waals surface area (Å²) in [6.45, 7) is 3.92. The van der Waals surface area contributed by atoms with Crippen LogP contribution in [0, 0.1) is 13.8 Å². The van der Waals surface area contributed by atoms with Crippen molar-refractivity contribution in [1.82, 2.24) is 4.31 Å². The smallest absolute Gasteiger partial charge is 0.243 e. The lowest BCUT2D eigenvalue weighted by Gasteiger charge is -2.24. The molecule has 1 aliphatic rings. The molecule has 0 amide bonds. The fourth-order valence-electron chi connectivity index (χ4n) is 2.93. The van der Waals surface area contributed by atoms with Crippen LogP contribution < -0.4 is 5.73 Å². The standard InChI is InChI=1S/C14H22N2O4S2/c1-10-7-13(21(3,17)18)11(2)14(8-10)22(19,20)16-6-4-5-12(16)9-15/h7-8,12H,4-6,9,15H2,1-3H3/t12-/m0/s1. The van der Waals surface area contributed by atoms with Crippen LogP contribution in [0.4, 0.5) is 0 Å². The molecule has 2 rings (SSSR count). The first kappa shape index (κ1) is 17.4. The van der Waals surface area contributed by atoms with Gasteiger partial charge < -0.3 is 5.73 Å². The lowest BCUT2D eigenvalue weighted by Crippen LogP contribution is -2.40. The molecule has 1 saturated heterocycles. The highest BCUT2D eigenvalue weighted by molar-refractivity contribution is 7.91. The van der Waals surface area contributed by atoms with E-state index in [1.54, 1.807) is 6.92 Å². The third kappa shape index (κ3) is 3.05. The molecule has 0 radical (unpaired) electrons. The van der Waals surface area contributed by atoms with Crippen LogP contribution in [0.1, 0.15) is 24.0 Å². The lowest BCUT2D eigenvalue weighted by molar-refractivity contribution is 0.392. The summed E-state index contributed by atoms with van der Waals surface area (Å²) >= 11 is 0. The molecule has 0 spiro atoms. The van der Waals surface area contributed by atoms with Crippen molar-refractivity contribution in [3.05, 3.63) is 23.3 Å². The summed E-state index contributed by atoms with van der Waals surface area (Å²) in [6.07, 6.45) is 2.59. The zero-order valence-electron chi connectivity index (χ0n) is 13.0. The van der Waals surface area contributed by atoms with E-state index in [2.05, 4.69) is 0 Å². The molecular formula is C14H22N2O4S2. The predicted molar refractivity (Wildman–Crippen MR) is 85.0 cm³/mol. The van der Waals surface area contributed by atoms with Crippen molar-refractivity contribution in [2.24, 2.45) is 5.73 Å². The number of nitrogens with two attached hydrogens (primary N) is 1. The fraction of sp³-hybridized carbons (Fsp3) is 0.571. The van der Waals surface area contributed by atoms with Gasteiger partial charge in [-0.2, -0.15) is 4.31 Å². The van der Waals surface area contributed by atoms with Crippen LogP contribution >= 0.6 is 0 Å². The third-order valence-electron chi connectivity index (χ3n) is 4.04. The van der Waals surface area contributed by atoms with Gasteiger partial charge >= 0.3 is 0 Å². The van der Waals surface area contributed by atoms with Gasteiger partial charge in [-0.3, -0.25) is 0 Å². The molecule has 1 fully saturated rings. The van der Waals surface area contributed by atoms with Gasteiger partial charge in [0, 0.05) is 25.4 Å². The molecule has 22 heavy (non-hydrogen) atoms. The van der Waals surface area contributed by atoms with Gasteiger partial charge in [-0.25, -0.2) is 16.8 Å². The summed E-state index contributed by atoms with van der Waals surface area (Å²) in [6, 6.07) is 2.82. The molecule has 6 nitrogen and oxygen atoms in total. The average molecular weight is 346 g/mol. The summed E-state index contributed by atoms with van der Waals surface area (Å²) in [5.74, 6) is 0. The largest absolute Gasteiger partial charge is 0.329 e. The molecule has 0 aromatic heterocycles. The van der Waals surface area contributed by atoms with Gasteiger partial charge in [-0.1, -0.05) is 0 Å². The van der Waals surface area contributed by atoms with E-state index in [4.69, 9.17) is 5.73 Å². The fourth-order valence-corrected chi connectivity index (χ4v) is 6.10. The number of benzene rings is 1. The van der Waals surface area contributed by atoms with Crippen molar-refractivity contribution in [3.63, 3.8) is 0 Å². The minimum Gasteiger partial charge on any atom is -0.329 e. The molecule has 2 N–H and O–H groups in total. The number of aryl methyl sites for hydroxylation is 1. The molecule has 8 heteroatoms. The van der Waals surface area contributed by atoms with Crippen molar-refractivity contribution >= 4 is 19.9 Å². The zero-order chi connectivity index (χ0) is 16.7. The Balaban J connectivity index is 2.64. The SMILES string of the molecule is Cc1cc(S(C)(=O)=O)c(C)c(S(=O)(=O)N2CCC[C@H]2CN)c1. The maximum Gasteiger partial charge on any atom is 0.243 e. The molecule has 1 heterocycles. The Morgan fingerprint density at radius 1 is 1.18 bits per heavy atom. The number of sulfone groups is 1. The molecule has 0 bridgehead atoms. The van der Waals surface area contributed by atoms with Crippen LogP contribution in [0.3, 0.4) is 0 Å². The first-order valence-electron chi connectivity index (χ1n) is 7.12. The van der Waals surface area contributed by atoms with Crippen LogP contribution in [0.5, 0.6) is 0 Å². The predicted octanol–water partition coefficient (Wildman–Crippen LogP) is 0.819. The molecule has 0 aliphatic carbocycles. The quantitative estimate of drug-likeness (QED) is 0.870. The highest BCUT2D eigenvalue weighted by Crippen LogP contribution is 2.31. The van der Waals surface area contributed by atoms with E-state index >= 15 is 0 Å². The van der Waals surface area contributed by atoms with Gasteiger partial charge in [0.2, 0.25) is 10.0 Å². The summed E-state index contributed by atoms with van der Waals surface area (Å²) in [5, 5.41) is 0. The van der Waals surface area contributed by atoms with E-state index in [0.717, 1.165) is 19.1 Å². The molecule has 0 unspecified atom stereocenters. The minimum absolute atomic E-state index is 0.0632. The van der Waals surface area contributed by atoms with Gasteiger partial charge in [0.1, 0.15) is 0 Å². The second-order valence-electron chi connectivity index (χ2n) is 5.81. The molecule has 1 aromatic carbocycles. The normalized spacial score (nSPS) is 20.5. The number of hydrogen-bond donors (Lipinski definition) is 1. The van der Waals surface area contributed by atoms with Crippen molar-refractivity contribution in [1.29, 1.82) is 0 Å². The van der Waals surface area contributed by atoms with Crippen LogP contribution in [0.15, 0.2) is 21.9 Å². The van der Waals surface area contributed by atoms with Gasteiger partial charge in [0.15, 0.2) is 9.84 Å². The zero-order valence-corrected chi connectivity index (χ0v) is 14.7. The number of hydrogen-bond acceptors (Lipinski definition) is 5. The Labute approximate surface area is 132 Å². The Kier molecular flexibility index (Phi) is 4.68. The van der Waals surface area contributed by atoms with E-state index < -0.39 is 19.9 Å². The van der Waals surface area contributed by atoms with E-state index in [1.165, 1.54) is 23.4 Å². The molecule has 124 valence electrons. The van der Waals surface area contributed by atoms with E-state index in [9.17, 15) is 16.8 Å². The van der Waals surface area contributed by atoms with Crippen molar-refractivity contribution < 1.29 is 16.8 Å². The Hall–Kier alpha value is -0.960. The van der Waals surface area contributed by atoms with Gasteiger partial charge in [0.25, 0.3) is 0 Å². The number of rotatable bonds is 4. The van der Waals surface area contributed by atoms with Crippen molar-refractivity contribution in [3.8, 4) is 0 Å². The highest BCUT2D eigenvalue weighted by Gasteiger charge is 2.36. The summed E-state index contributed by atoms with van der Waals surface area (Å²) in [7, 11) is -7.24. The summed E-state index contributed by atoms with van der Waals surface area (Å²) in [5.41, 5.74) is 6.54. The van der Waals surface area contributed by atoms with E-state index in [1.807, 2.05) is 0 Å². The van der Waals surface area contributed by atoms with Crippen molar-refractivity contribution in [2.45, 2.75) is 42.5 Å². The Morgan fingerprint density at radius 2 is 1.77 bits per heavy atom. The van der Waals surface area contributed by atoms with Gasteiger partial charge in [-0.05, 0) is 49.9 Å². The lowest BCUT2D eigenvalue weighted by atomic mass is 10.2. The van der Waals surface area contributed by atoms with Gasteiger partial charge in [-0.15, -0.1) is 0 Å². The van der Waals surface area contributed by atoms with Crippen molar-refractivity contribution in [2.75, 3.05) is 19.3 Å². The summed E-state index contributed by atoms with van der Waals surface area (Å²) in [4.78, 5) is 0.128. The van der Waals surface area contributed by atoms with E-state index in [0.29, 0.717) is 12.1 Å².